The molecule has 4 heterocycles. The quantitative estimate of drug-likeness (QED) is 0.299. The van der Waals surface area contributed by atoms with Gasteiger partial charge in [0.15, 0.2) is 11.5 Å². The van der Waals surface area contributed by atoms with Gasteiger partial charge in [-0.2, -0.15) is 0 Å². The lowest BCUT2D eigenvalue weighted by atomic mass is 9.87. The fourth-order valence-corrected chi connectivity index (χ4v) is 4.84. The number of aromatic amines is 1. The topological polar surface area (TPSA) is 123 Å². The third-order valence-corrected chi connectivity index (χ3v) is 6.98. The van der Waals surface area contributed by atoms with Gasteiger partial charge in [-0.15, -0.1) is 0 Å². The summed E-state index contributed by atoms with van der Waals surface area (Å²) in [4.78, 5) is 23.3. The van der Waals surface area contributed by atoms with Crippen LogP contribution in [0.15, 0.2) is 30.9 Å². The molecular formula is C26H37N9O. The molecule has 1 aliphatic rings. The van der Waals surface area contributed by atoms with Crippen molar-refractivity contribution < 1.29 is 4.74 Å². The number of aromatic nitrogens is 6. The SMILES string of the molecule is CCN(CCCNc1nc2ccc(C(C)(C)C)cc2[nH]1)CC1CCC(n2cnc3c(N)ncnc32)O1. The lowest BCUT2D eigenvalue weighted by Gasteiger charge is -2.24. The van der Waals surface area contributed by atoms with E-state index in [2.05, 4.69) is 76.0 Å². The van der Waals surface area contributed by atoms with Crippen LogP contribution in [0.25, 0.3) is 22.2 Å². The van der Waals surface area contributed by atoms with E-state index in [4.69, 9.17) is 15.5 Å². The highest BCUT2D eigenvalue weighted by Gasteiger charge is 2.29. The molecule has 1 aromatic carbocycles. The van der Waals surface area contributed by atoms with E-state index in [0.29, 0.717) is 11.3 Å². The Morgan fingerprint density at radius 1 is 1.22 bits per heavy atom. The fourth-order valence-electron chi connectivity index (χ4n) is 4.84. The number of nitrogen functional groups attached to an aromatic ring is 1. The molecule has 0 saturated carbocycles. The highest BCUT2D eigenvalue weighted by atomic mass is 16.5. The van der Waals surface area contributed by atoms with E-state index in [-0.39, 0.29) is 17.7 Å². The summed E-state index contributed by atoms with van der Waals surface area (Å²) in [6, 6.07) is 6.47. The van der Waals surface area contributed by atoms with Crippen LogP contribution in [-0.2, 0) is 10.2 Å². The molecule has 4 aromatic rings. The summed E-state index contributed by atoms with van der Waals surface area (Å²) < 4.78 is 8.36. The molecule has 1 aliphatic heterocycles. The lowest BCUT2D eigenvalue weighted by Crippen LogP contribution is -2.34. The summed E-state index contributed by atoms with van der Waals surface area (Å²) in [7, 11) is 0. The highest BCUT2D eigenvalue weighted by molar-refractivity contribution is 5.81. The zero-order valence-corrected chi connectivity index (χ0v) is 21.7. The molecule has 1 saturated heterocycles. The normalized spacial score (nSPS) is 18.6. The molecule has 10 nitrogen and oxygen atoms in total. The van der Waals surface area contributed by atoms with Crippen LogP contribution in [0.1, 0.15) is 58.7 Å². The Labute approximate surface area is 211 Å². The van der Waals surface area contributed by atoms with Crippen LogP contribution in [0.5, 0.6) is 0 Å². The van der Waals surface area contributed by atoms with Crippen molar-refractivity contribution in [3.8, 4) is 0 Å². The first-order valence-corrected chi connectivity index (χ1v) is 12.9. The second-order valence-corrected chi connectivity index (χ2v) is 10.6. The minimum Gasteiger partial charge on any atom is -0.382 e. The van der Waals surface area contributed by atoms with Gasteiger partial charge in [-0.25, -0.2) is 19.9 Å². The van der Waals surface area contributed by atoms with Gasteiger partial charge in [0, 0.05) is 13.1 Å². The minimum atomic E-state index is -0.0680. The Kier molecular flexibility index (Phi) is 6.81. The van der Waals surface area contributed by atoms with Crippen molar-refractivity contribution in [2.75, 3.05) is 37.2 Å². The molecule has 36 heavy (non-hydrogen) atoms. The summed E-state index contributed by atoms with van der Waals surface area (Å²) >= 11 is 0. The van der Waals surface area contributed by atoms with Crippen molar-refractivity contribution in [2.24, 2.45) is 0 Å². The number of hydrogen-bond acceptors (Lipinski definition) is 8. The van der Waals surface area contributed by atoms with Gasteiger partial charge in [0.2, 0.25) is 5.95 Å². The maximum absolute atomic E-state index is 6.38. The smallest absolute Gasteiger partial charge is 0.201 e. The summed E-state index contributed by atoms with van der Waals surface area (Å²) in [5.41, 5.74) is 10.8. The average Bonchev–Trinajstić information content (AvgIpc) is 3.58. The van der Waals surface area contributed by atoms with Crippen molar-refractivity contribution in [1.29, 1.82) is 0 Å². The van der Waals surface area contributed by atoms with Gasteiger partial charge in [0.25, 0.3) is 0 Å². The standard InChI is InChI=1S/C26H37N9O/c1-5-34(12-6-11-28-25-32-19-9-7-17(26(2,3)4)13-20(19)33-25)14-18-8-10-21(36-18)35-16-31-22-23(27)29-15-30-24(22)35/h7,9,13,15-16,18,21H,5-6,8,10-12,14H2,1-4H3,(H2,27,29,30)(H2,28,32,33). The van der Waals surface area contributed by atoms with Crippen molar-refractivity contribution in [3.63, 3.8) is 0 Å². The molecule has 10 heteroatoms. The largest absolute Gasteiger partial charge is 0.382 e. The Bertz CT molecular complexity index is 1320. The Morgan fingerprint density at radius 3 is 2.89 bits per heavy atom. The van der Waals surface area contributed by atoms with Gasteiger partial charge < -0.3 is 25.7 Å². The number of benzene rings is 1. The summed E-state index contributed by atoms with van der Waals surface area (Å²) in [5, 5.41) is 3.46. The highest BCUT2D eigenvalue weighted by Crippen LogP contribution is 2.31. The van der Waals surface area contributed by atoms with Crippen molar-refractivity contribution >= 4 is 34.0 Å². The number of likely N-dealkylation sites (N-methyl/N-ethyl adjacent to an activating group) is 1. The molecule has 0 bridgehead atoms. The maximum Gasteiger partial charge on any atom is 0.201 e. The molecular weight excluding hydrogens is 454 g/mol. The number of nitrogens with two attached hydrogens (primary N) is 1. The first kappa shape index (κ1) is 24.5. The average molecular weight is 492 g/mol. The number of nitrogens with one attached hydrogen (secondary N) is 2. The second-order valence-electron chi connectivity index (χ2n) is 10.6. The van der Waals surface area contributed by atoms with Crippen LogP contribution in [0.3, 0.4) is 0 Å². The van der Waals surface area contributed by atoms with Gasteiger partial charge in [-0.3, -0.25) is 4.57 Å². The van der Waals surface area contributed by atoms with E-state index in [1.165, 1.54) is 11.9 Å². The predicted octanol–water partition coefficient (Wildman–Crippen LogP) is 4.08. The summed E-state index contributed by atoms with van der Waals surface area (Å²) in [5.74, 6) is 1.23. The van der Waals surface area contributed by atoms with Gasteiger partial charge in [0.1, 0.15) is 18.1 Å². The number of anilines is 2. The summed E-state index contributed by atoms with van der Waals surface area (Å²) in [6.07, 6.45) is 6.32. The molecule has 0 aliphatic carbocycles. The van der Waals surface area contributed by atoms with Crippen LogP contribution >= 0.6 is 0 Å². The van der Waals surface area contributed by atoms with Gasteiger partial charge in [0.05, 0.1) is 23.5 Å². The number of hydrogen-bond donors (Lipinski definition) is 3. The second kappa shape index (κ2) is 10.0. The third kappa shape index (κ3) is 5.15. The van der Waals surface area contributed by atoms with Crippen LogP contribution in [0.4, 0.5) is 11.8 Å². The van der Waals surface area contributed by atoms with Crippen molar-refractivity contribution in [3.05, 3.63) is 36.4 Å². The zero-order valence-electron chi connectivity index (χ0n) is 21.7. The molecule has 4 N–H and O–H groups in total. The van der Waals surface area contributed by atoms with E-state index >= 15 is 0 Å². The molecule has 192 valence electrons. The lowest BCUT2D eigenvalue weighted by molar-refractivity contribution is -0.0110. The monoisotopic (exact) mass is 491 g/mol. The van der Waals surface area contributed by atoms with Crippen LogP contribution in [0, 0.1) is 0 Å². The maximum atomic E-state index is 6.38. The van der Waals surface area contributed by atoms with E-state index < -0.39 is 0 Å². The van der Waals surface area contributed by atoms with Crippen molar-refractivity contribution in [1.82, 2.24) is 34.4 Å². The van der Waals surface area contributed by atoms with E-state index in [1.54, 1.807) is 6.33 Å². The number of H-pyrrole nitrogens is 1. The molecule has 0 radical (unpaired) electrons. The van der Waals surface area contributed by atoms with E-state index in [9.17, 15) is 0 Å². The number of nitrogens with zero attached hydrogens (tertiary/aromatic N) is 6. The molecule has 0 amide bonds. The molecule has 2 unspecified atom stereocenters. The minimum absolute atomic E-state index is 0.0680. The molecule has 0 spiro atoms. The third-order valence-electron chi connectivity index (χ3n) is 6.98. The Hall–Kier alpha value is -3.24. The fraction of sp³-hybridized carbons (Fsp3) is 0.538. The predicted molar refractivity (Wildman–Crippen MR) is 143 cm³/mol. The molecule has 1 fully saturated rings. The van der Waals surface area contributed by atoms with E-state index in [0.717, 1.165) is 68.1 Å². The summed E-state index contributed by atoms with van der Waals surface area (Å²) in [6.45, 7) is 12.6. The number of ether oxygens (including phenoxy) is 1. The first-order valence-electron chi connectivity index (χ1n) is 12.9. The van der Waals surface area contributed by atoms with Crippen molar-refractivity contribution in [2.45, 2.75) is 64.7 Å². The number of imidazole rings is 2. The molecule has 5 rings (SSSR count). The molecule has 3 aromatic heterocycles. The van der Waals surface area contributed by atoms with E-state index in [1.807, 2.05) is 4.57 Å². The van der Waals surface area contributed by atoms with Gasteiger partial charge in [-0.1, -0.05) is 33.8 Å². The van der Waals surface area contributed by atoms with Crippen LogP contribution in [-0.4, -0.2) is 66.7 Å². The number of rotatable bonds is 9. The van der Waals surface area contributed by atoms with Gasteiger partial charge >= 0.3 is 0 Å². The first-order chi connectivity index (χ1) is 17.3. The van der Waals surface area contributed by atoms with Crippen LogP contribution < -0.4 is 11.1 Å². The number of fused-ring (bicyclic) bond motifs is 2. The molecule has 2 atom stereocenters. The Balaban J connectivity index is 1.10. The van der Waals surface area contributed by atoms with Crippen LogP contribution in [0.2, 0.25) is 0 Å². The Morgan fingerprint density at radius 2 is 2.08 bits per heavy atom. The zero-order chi connectivity index (χ0) is 25.3. The van der Waals surface area contributed by atoms with Gasteiger partial charge in [-0.05, 0) is 55.5 Å².